The molecule has 2 aromatic rings. The second-order valence-electron chi connectivity index (χ2n) is 6.92. The van der Waals surface area contributed by atoms with Crippen LogP contribution >= 0.6 is 0 Å². The van der Waals surface area contributed by atoms with Gasteiger partial charge in [0.05, 0.1) is 11.6 Å². The number of nitrogens with zero attached hydrogens (tertiary/aromatic N) is 2. The summed E-state index contributed by atoms with van der Waals surface area (Å²) >= 11 is 0. The average Bonchev–Trinajstić information content (AvgIpc) is 3.24. The summed E-state index contributed by atoms with van der Waals surface area (Å²) in [6.07, 6.45) is 0.568. The summed E-state index contributed by atoms with van der Waals surface area (Å²) in [5.41, 5.74) is 1.26. The van der Waals surface area contributed by atoms with E-state index in [2.05, 4.69) is 5.32 Å². The van der Waals surface area contributed by atoms with Crippen molar-refractivity contribution in [2.24, 2.45) is 5.92 Å². The van der Waals surface area contributed by atoms with Crippen LogP contribution in [0.15, 0.2) is 33.5 Å². The quantitative estimate of drug-likeness (QED) is 0.918. The third-order valence-electron chi connectivity index (χ3n) is 5.39. The third-order valence-corrected chi connectivity index (χ3v) is 5.39. The first kappa shape index (κ1) is 16.3. The number of carbonyl (C=O) groups excluding carboxylic acids is 1. The number of benzene rings is 1. The molecule has 2 aliphatic rings. The van der Waals surface area contributed by atoms with Crippen LogP contribution in [-0.2, 0) is 4.79 Å². The number of oxazole rings is 1. The molecule has 3 heterocycles. The maximum Gasteiger partial charge on any atom is 0.420 e. The molecular formula is C18H22FN3O3. The van der Waals surface area contributed by atoms with Crippen LogP contribution < -0.4 is 11.1 Å². The number of rotatable bonds is 3. The molecule has 25 heavy (non-hydrogen) atoms. The number of likely N-dealkylation sites (tertiary alicyclic amines) is 1. The number of para-hydroxylation sites is 2. The topological polar surface area (TPSA) is 67.5 Å². The normalized spacial score (nSPS) is 23.2. The van der Waals surface area contributed by atoms with Crippen molar-refractivity contribution in [3.63, 3.8) is 0 Å². The van der Waals surface area contributed by atoms with Gasteiger partial charge in [0, 0.05) is 19.0 Å². The number of hydrogen-bond acceptors (Lipinski definition) is 4. The lowest BCUT2D eigenvalue weighted by Gasteiger charge is -2.28. The molecule has 0 saturated carbocycles. The highest BCUT2D eigenvalue weighted by Gasteiger charge is 2.37. The smallest absolute Gasteiger partial charge is 0.408 e. The fourth-order valence-corrected chi connectivity index (χ4v) is 4.00. The highest BCUT2D eigenvalue weighted by atomic mass is 19.1. The fraction of sp³-hybridized carbons (Fsp3) is 0.556. The summed E-state index contributed by atoms with van der Waals surface area (Å²) in [4.78, 5) is 26.3. The van der Waals surface area contributed by atoms with Gasteiger partial charge in [0.1, 0.15) is 0 Å². The summed E-state index contributed by atoms with van der Waals surface area (Å²) in [7, 11) is 0. The van der Waals surface area contributed by atoms with E-state index >= 15 is 0 Å². The number of halogens is 1. The first-order valence-corrected chi connectivity index (χ1v) is 8.89. The highest BCUT2D eigenvalue weighted by molar-refractivity contribution is 5.81. The van der Waals surface area contributed by atoms with Gasteiger partial charge in [0.25, 0.3) is 5.91 Å². The van der Waals surface area contributed by atoms with Crippen LogP contribution in [0.4, 0.5) is 4.39 Å². The predicted octanol–water partition coefficient (Wildman–Crippen LogP) is 1.71. The molecule has 2 aliphatic heterocycles. The Balaban J connectivity index is 1.50. The van der Waals surface area contributed by atoms with Gasteiger partial charge in [-0.05, 0) is 44.5 Å². The molecule has 1 amide bonds. The first-order valence-electron chi connectivity index (χ1n) is 8.89. The van der Waals surface area contributed by atoms with Crippen molar-refractivity contribution in [1.82, 2.24) is 14.8 Å². The SMILES string of the molecule is O=C(C(F)C1CCNCC1)N1CCC(n2c(=O)oc3ccccc32)C1. The van der Waals surface area contributed by atoms with Crippen LogP contribution in [0, 0.1) is 5.92 Å². The highest BCUT2D eigenvalue weighted by Crippen LogP contribution is 2.28. The Morgan fingerprint density at radius 2 is 2.00 bits per heavy atom. The van der Waals surface area contributed by atoms with Crippen LogP contribution in [0.5, 0.6) is 0 Å². The lowest BCUT2D eigenvalue weighted by Crippen LogP contribution is -2.42. The van der Waals surface area contributed by atoms with E-state index < -0.39 is 17.8 Å². The van der Waals surface area contributed by atoms with Gasteiger partial charge in [0.15, 0.2) is 11.8 Å². The number of nitrogens with one attached hydrogen (secondary N) is 1. The zero-order valence-electron chi connectivity index (χ0n) is 14.0. The number of aromatic nitrogens is 1. The minimum atomic E-state index is -1.45. The Labute approximate surface area is 144 Å². The van der Waals surface area contributed by atoms with E-state index in [1.807, 2.05) is 18.2 Å². The van der Waals surface area contributed by atoms with E-state index in [-0.39, 0.29) is 12.0 Å². The predicted molar refractivity (Wildman–Crippen MR) is 91.2 cm³/mol. The third kappa shape index (κ3) is 2.97. The molecular weight excluding hydrogens is 325 g/mol. The van der Waals surface area contributed by atoms with E-state index in [1.54, 1.807) is 15.5 Å². The molecule has 4 rings (SSSR count). The molecule has 0 spiro atoms. The number of amides is 1. The van der Waals surface area contributed by atoms with Crippen molar-refractivity contribution in [2.45, 2.75) is 31.5 Å². The molecule has 0 bridgehead atoms. The maximum atomic E-state index is 14.6. The lowest BCUT2D eigenvalue weighted by molar-refractivity contribution is -0.138. The zero-order chi connectivity index (χ0) is 17.4. The zero-order valence-corrected chi connectivity index (χ0v) is 14.0. The Bertz CT molecular complexity index is 824. The van der Waals surface area contributed by atoms with Gasteiger partial charge in [-0.25, -0.2) is 9.18 Å². The van der Waals surface area contributed by atoms with Crippen LogP contribution in [0.3, 0.4) is 0 Å². The summed E-state index contributed by atoms with van der Waals surface area (Å²) < 4.78 is 21.5. The van der Waals surface area contributed by atoms with Crippen molar-refractivity contribution in [2.75, 3.05) is 26.2 Å². The van der Waals surface area contributed by atoms with Crippen LogP contribution in [0.25, 0.3) is 11.1 Å². The fourth-order valence-electron chi connectivity index (χ4n) is 4.00. The average molecular weight is 347 g/mol. The molecule has 134 valence electrons. The molecule has 7 heteroatoms. The molecule has 2 unspecified atom stereocenters. The van der Waals surface area contributed by atoms with Crippen molar-refractivity contribution in [3.05, 3.63) is 34.8 Å². The Kier molecular flexibility index (Phi) is 4.33. The molecule has 2 fully saturated rings. The van der Waals surface area contributed by atoms with Crippen molar-refractivity contribution in [1.29, 1.82) is 0 Å². The van der Waals surface area contributed by atoms with Gasteiger partial charge >= 0.3 is 5.76 Å². The Hall–Kier alpha value is -2.15. The summed E-state index contributed by atoms with van der Waals surface area (Å²) in [5, 5.41) is 3.19. The number of piperidine rings is 1. The first-order chi connectivity index (χ1) is 12.1. The summed E-state index contributed by atoms with van der Waals surface area (Å²) in [5.74, 6) is -1.06. The minimum Gasteiger partial charge on any atom is -0.408 e. The van der Waals surface area contributed by atoms with Crippen molar-refractivity contribution < 1.29 is 13.6 Å². The molecule has 1 N–H and O–H groups in total. The monoisotopic (exact) mass is 347 g/mol. The van der Waals surface area contributed by atoms with E-state index in [9.17, 15) is 14.0 Å². The molecule has 0 aliphatic carbocycles. The second-order valence-corrected chi connectivity index (χ2v) is 6.92. The largest absolute Gasteiger partial charge is 0.420 e. The second kappa shape index (κ2) is 6.63. The molecule has 1 aromatic carbocycles. The van der Waals surface area contributed by atoms with Gasteiger partial charge in [0.2, 0.25) is 0 Å². The van der Waals surface area contributed by atoms with E-state index in [4.69, 9.17) is 4.42 Å². The molecule has 2 atom stereocenters. The van der Waals surface area contributed by atoms with Gasteiger partial charge in [-0.1, -0.05) is 12.1 Å². The maximum absolute atomic E-state index is 14.6. The molecule has 0 radical (unpaired) electrons. The van der Waals surface area contributed by atoms with Gasteiger partial charge < -0.3 is 14.6 Å². The lowest BCUT2D eigenvalue weighted by atomic mass is 9.92. The molecule has 2 saturated heterocycles. The van der Waals surface area contributed by atoms with Crippen molar-refractivity contribution in [3.8, 4) is 0 Å². The van der Waals surface area contributed by atoms with Crippen LogP contribution in [-0.4, -0.2) is 47.7 Å². The Morgan fingerprint density at radius 3 is 2.80 bits per heavy atom. The summed E-state index contributed by atoms with van der Waals surface area (Å²) in [6.45, 7) is 2.35. The molecule has 1 aromatic heterocycles. The van der Waals surface area contributed by atoms with Crippen LogP contribution in [0.1, 0.15) is 25.3 Å². The van der Waals surface area contributed by atoms with Crippen LogP contribution in [0.2, 0.25) is 0 Å². The van der Waals surface area contributed by atoms with Gasteiger partial charge in [-0.2, -0.15) is 0 Å². The minimum absolute atomic E-state index is 0.166. The molecule has 6 nitrogen and oxygen atoms in total. The van der Waals surface area contributed by atoms with E-state index in [0.717, 1.165) is 18.6 Å². The van der Waals surface area contributed by atoms with Gasteiger partial charge in [-0.3, -0.25) is 9.36 Å². The Morgan fingerprint density at radius 1 is 1.24 bits per heavy atom. The van der Waals surface area contributed by atoms with E-state index in [1.165, 1.54) is 0 Å². The van der Waals surface area contributed by atoms with Crippen molar-refractivity contribution >= 4 is 17.0 Å². The summed E-state index contributed by atoms with van der Waals surface area (Å²) in [6, 6.07) is 7.07. The van der Waals surface area contributed by atoms with E-state index in [0.29, 0.717) is 37.9 Å². The number of fused-ring (bicyclic) bond motifs is 1. The number of carbonyl (C=O) groups is 1. The standard InChI is InChI=1S/C18H22FN3O3/c19-16(12-5-8-20-9-6-12)17(23)21-10-7-13(11-21)22-14-3-1-2-4-15(14)25-18(22)24/h1-4,12-13,16,20H,5-11H2. The number of hydrogen-bond donors (Lipinski definition) is 1. The number of alkyl halides is 1. The van der Waals surface area contributed by atoms with Gasteiger partial charge in [-0.15, -0.1) is 0 Å².